The minimum atomic E-state index is -5.59. The summed E-state index contributed by atoms with van der Waals surface area (Å²) in [5.74, 6) is -9.65. The molecule has 0 aliphatic heterocycles. The first kappa shape index (κ1) is 18.2. The van der Waals surface area contributed by atoms with E-state index in [0.29, 0.717) is 0 Å². The molecular formula is C14H7ClF7NO. The van der Waals surface area contributed by atoms with E-state index in [1.807, 2.05) is 0 Å². The monoisotopic (exact) mass is 373 g/mol. The molecule has 0 unspecified atom stereocenters. The summed E-state index contributed by atoms with van der Waals surface area (Å²) in [6.45, 7) is -0.856. The van der Waals surface area contributed by atoms with E-state index >= 15 is 0 Å². The highest BCUT2D eigenvalue weighted by molar-refractivity contribution is 6.32. The smallest absolute Gasteiger partial charge is 0.422 e. The van der Waals surface area contributed by atoms with E-state index in [2.05, 4.69) is 5.32 Å². The molecule has 2 aromatic rings. The summed E-state index contributed by atoms with van der Waals surface area (Å²) in [5.41, 5.74) is -3.77. The minimum absolute atomic E-state index is 0.109. The van der Waals surface area contributed by atoms with Crippen LogP contribution in [0, 0.1) is 23.3 Å². The molecule has 0 fully saturated rings. The van der Waals surface area contributed by atoms with E-state index in [-0.39, 0.29) is 16.5 Å². The molecule has 0 atom stereocenters. The first-order valence-corrected chi connectivity index (χ1v) is 6.56. The van der Waals surface area contributed by atoms with Crippen molar-refractivity contribution in [1.82, 2.24) is 0 Å². The van der Waals surface area contributed by atoms with Crippen LogP contribution in [0.3, 0.4) is 0 Å². The molecule has 24 heavy (non-hydrogen) atoms. The Bertz CT molecular complexity index is 763. The average molecular weight is 374 g/mol. The lowest BCUT2D eigenvalue weighted by atomic mass is 10.1. The van der Waals surface area contributed by atoms with Crippen molar-refractivity contribution in [3.05, 3.63) is 57.6 Å². The Morgan fingerprint density at radius 2 is 1.50 bits per heavy atom. The van der Waals surface area contributed by atoms with Crippen LogP contribution in [-0.2, 0) is 12.7 Å². The molecule has 0 saturated carbocycles. The number of anilines is 1. The molecule has 2 nitrogen and oxygen atoms in total. The van der Waals surface area contributed by atoms with Gasteiger partial charge in [0.1, 0.15) is 11.3 Å². The maximum atomic E-state index is 13.7. The molecule has 0 aromatic heterocycles. The molecule has 130 valence electrons. The highest BCUT2D eigenvalue weighted by atomic mass is 35.5. The van der Waals surface area contributed by atoms with Gasteiger partial charge in [-0.05, 0) is 18.2 Å². The maximum Gasteiger partial charge on any atom is 0.422 e. The van der Waals surface area contributed by atoms with Gasteiger partial charge in [0, 0.05) is 17.8 Å². The van der Waals surface area contributed by atoms with Crippen LogP contribution >= 0.6 is 11.6 Å². The van der Waals surface area contributed by atoms with Crippen molar-refractivity contribution in [3.8, 4) is 5.75 Å². The quantitative estimate of drug-likeness (QED) is 0.438. The summed E-state index contributed by atoms with van der Waals surface area (Å²) in [5, 5.41) is 11.4. The summed E-state index contributed by atoms with van der Waals surface area (Å²) in [6, 6.07) is 3.50. The zero-order chi connectivity index (χ0) is 18.2. The standard InChI is InChI=1S/C14H7ClF7NO/c15-7-3-5(1-2-8(7)24)23-4-6-10(16)12(18)9(14(20,21)22)13(19)11(6)17/h1-3,23-24H,4H2. The van der Waals surface area contributed by atoms with E-state index in [0.717, 1.165) is 12.1 Å². The third kappa shape index (κ3) is 3.35. The van der Waals surface area contributed by atoms with E-state index in [1.165, 1.54) is 6.07 Å². The van der Waals surface area contributed by atoms with E-state index in [4.69, 9.17) is 11.6 Å². The normalized spacial score (nSPS) is 11.7. The van der Waals surface area contributed by atoms with E-state index in [1.54, 1.807) is 0 Å². The fourth-order valence-electron chi connectivity index (χ4n) is 1.89. The molecule has 0 aliphatic carbocycles. The van der Waals surface area contributed by atoms with Gasteiger partial charge in [0.2, 0.25) is 0 Å². The highest BCUT2D eigenvalue weighted by Crippen LogP contribution is 2.37. The molecule has 0 heterocycles. The lowest BCUT2D eigenvalue weighted by Crippen LogP contribution is -2.18. The van der Waals surface area contributed by atoms with E-state index < -0.39 is 47.1 Å². The van der Waals surface area contributed by atoms with Gasteiger partial charge >= 0.3 is 6.18 Å². The predicted octanol–water partition coefficient (Wildman–Crippen LogP) is 5.23. The number of rotatable bonds is 3. The summed E-state index contributed by atoms with van der Waals surface area (Å²) < 4.78 is 91.7. The zero-order valence-electron chi connectivity index (χ0n) is 11.4. The summed E-state index contributed by atoms with van der Waals surface area (Å²) in [6.07, 6.45) is -5.59. The molecule has 2 N–H and O–H groups in total. The lowest BCUT2D eigenvalue weighted by Gasteiger charge is -2.15. The molecule has 0 bridgehead atoms. The Kier molecular flexibility index (Phi) is 4.84. The Hall–Kier alpha value is -2.16. The summed E-state index contributed by atoms with van der Waals surface area (Å²) in [7, 11) is 0. The van der Waals surface area contributed by atoms with Crippen molar-refractivity contribution < 1.29 is 35.8 Å². The number of nitrogens with one attached hydrogen (secondary N) is 1. The highest BCUT2D eigenvalue weighted by Gasteiger charge is 2.42. The number of hydrogen-bond acceptors (Lipinski definition) is 2. The van der Waals surface area contributed by atoms with Crippen LogP contribution in [0.5, 0.6) is 5.75 Å². The number of phenolic OH excluding ortho intramolecular Hbond substituents is 1. The van der Waals surface area contributed by atoms with Gasteiger partial charge in [-0.2, -0.15) is 13.2 Å². The third-order valence-corrected chi connectivity index (χ3v) is 3.36. The molecule has 2 rings (SSSR count). The van der Waals surface area contributed by atoms with Gasteiger partial charge in [0.25, 0.3) is 0 Å². The van der Waals surface area contributed by atoms with Gasteiger partial charge in [-0.25, -0.2) is 17.6 Å². The van der Waals surface area contributed by atoms with Crippen molar-refractivity contribution in [2.24, 2.45) is 0 Å². The van der Waals surface area contributed by atoms with Crippen molar-refractivity contribution in [2.75, 3.05) is 5.32 Å². The van der Waals surface area contributed by atoms with Crippen LogP contribution in [0.2, 0.25) is 5.02 Å². The molecule has 2 aromatic carbocycles. The largest absolute Gasteiger partial charge is 0.506 e. The summed E-state index contributed by atoms with van der Waals surface area (Å²) >= 11 is 5.60. The van der Waals surface area contributed by atoms with Crippen LogP contribution in [0.1, 0.15) is 11.1 Å². The zero-order valence-corrected chi connectivity index (χ0v) is 12.2. The van der Waals surface area contributed by atoms with Crippen molar-refractivity contribution >= 4 is 17.3 Å². The minimum Gasteiger partial charge on any atom is -0.506 e. The predicted molar refractivity (Wildman–Crippen MR) is 71.7 cm³/mol. The van der Waals surface area contributed by atoms with Gasteiger partial charge < -0.3 is 10.4 Å². The number of halogens is 8. The molecule has 0 radical (unpaired) electrons. The Morgan fingerprint density at radius 3 is 1.96 bits per heavy atom. The Morgan fingerprint density at radius 1 is 0.958 bits per heavy atom. The Labute approximate surface area is 135 Å². The van der Waals surface area contributed by atoms with Gasteiger partial charge in [0.05, 0.1) is 5.02 Å². The fraction of sp³-hybridized carbons (Fsp3) is 0.143. The van der Waals surface area contributed by atoms with Crippen LogP contribution in [-0.4, -0.2) is 5.11 Å². The molecule has 0 aliphatic rings. The van der Waals surface area contributed by atoms with Crippen LogP contribution in [0.4, 0.5) is 36.4 Å². The van der Waals surface area contributed by atoms with Crippen LogP contribution in [0.15, 0.2) is 18.2 Å². The fourth-order valence-corrected chi connectivity index (χ4v) is 2.07. The Balaban J connectivity index is 2.39. The molecule has 0 spiro atoms. The maximum absolute atomic E-state index is 13.7. The third-order valence-electron chi connectivity index (χ3n) is 3.05. The van der Waals surface area contributed by atoms with Crippen LogP contribution in [0.25, 0.3) is 0 Å². The van der Waals surface area contributed by atoms with Gasteiger partial charge in [-0.15, -0.1) is 0 Å². The number of aromatic hydroxyl groups is 1. The second-order valence-corrected chi connectivity index (χ2v) is 5.03. The first-order valence-electron chi connectivity index (χ1n) is 6.18. The second kappa shape index (κ2) is 6.39. The summed E-state index contributed by atoms with van der Waals surface area (Å²) in [4.78, 5) is 0. The molecular weight excluding hydrogens is 367 g/mol. The van der Waals surface area contributed by atoms with Crippen molar-refractivity contribution in [3.63, 3.8) is 0 Å². The van der Waals surface area contributed by atoms with Crippen molar-refractivity contribution in [2.45, 2.75) is 12.7 Å². The van der Waals surface area contributed by atoms with Gasteiger partial charge in [-0.1, -0.05) is 11.6 Å². The SMILES string of the molecule is Oc1ccc(NCc2c(F)c(F)c(C(F)(F)F)c(F)c2F)cc1Cl. The van der Waals surface area contributed by atoms with Crippen LogP contribution < -0.4 is 5.32 Å². The number of hydrogen-bond donors (Lipinski definition) is 2. The van der Waals surface area contributed by atoms with Gasteiger partial charge in [0.15, 0.2) is 23.3 Å². The topological polar surface area (TPSA) is 32.3 Å². The number of alkyl halides is 3. The first-order chi connectivity index (χ1) is 11.0. The molecule has 10 heteroatoms. The second-order valence-electron chi connectivity index (χ2n) is 4.63. The number of benzene rings is 2. The number of phenols is 1. The molecule has 0 saturated heterocycles. The average Bonchev–Trinajstić information content (AvgIpc) is 2.47. The lowest BCUT2D eigenvalue weighted by molar-refractivity contribution is -0.143. The van der Waals surface area contributed by atoms with Gasteiger partial charge in [-0.3, -0.25) is 0 Å². The van der Waals surface area contributed by atoms with Crippen molar-refractivity contribution in [1.29, 1.82) is 0 Å². The van der Waals surface area contributed by atoms with E-state index in [9.17, 15) is 35.8 Å². The molecule has 0 amide bonds.